The Morgan fingerprint density at radius 3 is 1.55 bits per heavy atom. The summed E-state index contributed by atoms with van der Waals surface area (Å²) >= 11 is 0. The summed E-state index contributed by atoms with van der Waals surface area (Å²) in [6, 6.07) is 27.9. The third kappa shape index (κ3) is 5.38. The minimum absolute atomic E-state index is 0.403. The SMILES string of the molecule is COC(=O)[C@@H](COS(C)(=O)=O)NC(c1ccccc1)(c1ccccc1)c1ccccc1. The number of carbonyl (C=O) groups excluding carboxylic acids is 1. The highest BCUT2D eigenvalue weighted by Gasteiger charge is 2.40. The first-order valence-electron chi connectivity index (χ1n) is 9.73. The van der Waals surface area contributed by atoms with Crippen molar-refractivity contribution in [1.29, 1.82) is 0 Å². The smallest absolute Gasteiger partial charge is 0.325 e. The van der Waals surface area contributed by atoms with Gasteiger partial charge in [0.05, 0.1) is 25.5 Å². The average Bonchev–Trinajstić information content (AvgIpc) is 2.80. The van der Waals surface area contributed by atoms with Crippen LogP contribution in [0.3, 0.4) is 0 Å². The van der Waals surface area contributed by atoms with E-state index in [1.807, 2.05) is 91.0 Å². The Morgan fingerprint density at radius 1 is 0.839 bits per heavy atom. The first-order valence-corrected chi connectivity index (χ1v) is 11.5. The first kappa shape index (κ1) is 22.7. The molecule has 0 aromatic heterocycles. The highest BCUT2D eigenvalue weighted by molar-refractivity contribution is 7.85. The van der Waals surface area contributed by atoms with Crippen LogP contribution < -0.4 is 5.32 Å². The summed E-state index contributed by atoms with van der Waals surface area (Å²) in [6.45, 7) is -0.403. The van der Waals surface area contributed by atoms with E-state index in [0.29, 0.717) is 0 Å². The van der Waals surface area contributed by atoms with Crippen LogP contribution in [0, 0.1) is 0 Å². The second-order valence-corrected chi connectivity index (χ2v) is 8.70. The van der Waals surface area contributed by atoms with E-state index in [4.69, 9.17) is 8.92 Å². The molecule has 0 spiro atoms. The van der Waals surface area contributed by atoms with Crippen molar-refractivity contribution in [1.82, 2.24) is 5.32 Å². The van der Waals surface area contributed by atoms with Gasteiger partial charge in [0.2, 0.25) is 0 Å². The van der Waals surface area contributed by atoms with Gasteiger partial charge in [-0.05, 0) is 16.7 Å². The van der Waals surface area contributed by atoms with Gasteiger partial charge in [-0.25, -0.2) is 0 Å². The van der Waals surface area contributed by atoms with Crippen molar-refractivity contribution < 1.29 is 22.1 Å². The minimum atomic E-state index is -3.76. The quantitative estimate of drug-likeness (QED) is 0.314. The molecule has 7 heteroatoms. The molecule has 6 nitrogen and oxygen atoms in total. The second kappa shape index (κ2) is 9.87. The van der Waals surface area contributed by atoms with E-state index in [1.165, 1.54) is 7.11 Å². The molecule has 0 unspecified atom stereocenters. The summed E-state index contributed by atoms with van der Waals surface area (Å²) in [7, 11) is -2.50. The molecular formula is C24H25NO5S. The molecule has 0 radical (unpaired) electrons. The minimum Gasteiger partial charge on any atom is -0.468 e. The number of rotatable bonds is 9. The van der Waals surface area contributed by atoms with Gasteiger partial charge in [-0.2, -0.15) is 8.42 Å². The van der Waals surface area contributed by atoms with E-state index in [-0.39, 0.29) is 0 Å². The van der Waals surface area contributed by atoms with Crippen molar-refractivity contribution >= 4 is 16.1 Å². The molecule has 0 aliphatic heterocycles. The Bertz CT molecular complexity index is 990. The van der Waals surface area contributed by atoms with E-state index in [9.17, 15) is 13.2 Å². The van der Waals surface area contributed by atoms with Gasteiger partial charge in [0, 0.05) is 0 Å². The van der Waals surface area contributed by atoms with Gasteiger partial charge < -0.3 is 4.74 Å². The summed E-state index contributed by atoms with van der Waals surface area (Å²) < 4.78 is 33.2. The Labute approximate surface area is 183 Å². The first-order chi connectivity index (χ1) is 14.9. The van der Waals surface area contributed by atoms with Gasteiger partial charge in [0.25, 0.3) is 10.1 Å². The molecule has 31 heavy (non-hydrogen) atoms. The number of hydrogen-bond donors (Lipinski definition) is 1. The number of benzene rings is 3. The van der Waals surface area contributed by atoms with Gasteiger partial charge in [-0.1, -0.05) is 91.0 Å². The van der Waals surface area contributed by atoms with Crippen LogP contribution in [-0.2, 0) is 29.4 Å². The van der Waals surface area contributed by atoms with E-state index in [2.05, 4.69) is 5.32 Å². The maximum Gasteiger partial charge on any atom is 0.325 e. The molecule has 1 atom stereocenters. The van der Waals surface area contributed by atoms with Crippen molar-refractivity contribution in [2.24, 2.45) is 0 Å². The molecule has 3 aromatic carbocycles. The zero-order valence-corrected chi connectivity index (χ0v) is 18.2. The Balaban J connectivity index is 2.22. The zero-order valence-electron chi connectivity index (χ0n) is 17.4. The molecule has 0 amide bonds. The van der Waals surface area contributed by atoms with Gasteiger partial charge in [0.1, 0.15) is 6.04 Å². The molecule has 0 aliphatic carbocycles. The Morgan fingerprint density at radius 2 is 1.23 bits per heavy atom. The highest BCUT2D eigenvalue weighted by atomic mass is 32.2. The lowest BCUT2D eigenvalue weighted by atomic mass is 9.76. The molecule has 0 saturated carbocycles. The monoisotopic (exact) mass is 439 g/mol. The largest absolute Gasteiger partial charge is 0.468 e. The molecule has 3 rings (SSSR count). The summed E-state index contributed by atoms with van der Waals surface area (Å²) in [5.41, 5.74) is 1.66. The van der Waals surface area contributed by atoms with Gasteiger partial charge in [-0.15, -0.1) is 0 Å². The normalized spacial score (nSPS) is 12.8. The molecule has 162 valence electrons. The number of carbonyl (C=O) groups is 1. The third-order valence-electron chi connectivity index (χ3n) is 4.95. The molecule has 0 heterocycles. The van der Waals surface area contributed by atoms with Crippen LogP contribution in [0.5, 0.6) is 0 Å². The second-order valence-electron chi connectivity index (χ2n) is 7.06. The average molecular weight is 440 g/mol. The number of methoxy groups -OCH3 is 1. The number of nitrogens with one attached hydrogen (secondary N) is 1. The fourth-order valence-electron chi connectivity index (χ4n) is 3.58. The number of hydrogen-bond acceptors (Lipinski definition) is 6. The predicted octanol–water partition coefficient (Wildman–Crippen LogP) is 3.09. The topological polar surface area (TPSA) is 81.7 Å². The van der Waals surface area contributed by atoms with E-state index < -0.39 is 34.3 Å². The van der Waals surface area contributed by atoms with Crippen LogP contribution >= 0.6 is 0 Å². The highest BCUT2D eigenvalue weighted by Crippen LogP contribution is 2.37. The molecule has 0 saturated heterocycles. The van der Waals surface area contributed by atoms with E-state index in [1.54, 1.807) is 0 Å². The number of esters is 1. The van der Waals surface area contributed by atoms with Crippen LogP contribution in [0.2, 0.25) is 0 Å². The van der Waals surface area contributed by atoms with E-state index >= 15 is 0 Å². The van der Waals surface area contributed by atoms with Gasteiger partial charge in [0.15, 0.2) is 0 Å². The van der Waals surface area contributed by atoms with Crippen molar-refractivity contribution in [3.63, 3.8) is 0 Å². The maximum absolute atomic E-state index is 12.6. The fraction of sp³-hybridized carbons (Fsp3) is 0.208. The van der Waals surface area contributed by atoms with Crippen LogP contribution in [0.25, 0.3) is 0 Å². The predicted molar refractivity (Wildman–Crippen MR) is 119 cm³/mol. The van der Waals surface area contributed by atoms with Gasteiger partial charge >= 0.3 is 5.97 Å². The maximum atomic E-state index is 12.6. The lowest BCUT2D eigenvalue weighted by Gasteiger charge is -2.39. The fourth-order valence-corrected chi connectivity index (χ4v) is 3.96. The third-order valence-corrected chi connectivity index (χ3v) is 5.51. The van der Waals surface area contributed by atoms with Crippen molar-refractivity contribution in [3.8, 4) is 0 Å². The molecular weight excluding hydrogens is 414 g/mol. The molecule has 1 N–H and O–H groups in total. The summed E-state index contributed by atoms with van der Waals surface area (Å²) in [6.07, 6.45) is 0.945. The molecule has 0 aliphatic rings. The Hall–Kier alpha value is -3.00. The molecule has 0 fully saturated rings. The molecule has 3 aromatic rings. The van der Waals surface area contributed by atoms with Crippen molar-refractivity contribution in [2.75, 3.05) is 20.0 Å². The summed E-state index contributed by atoms with van der Waals surface area (Å²) in [5, 5.41) is 3.38. The van der Waals surface area contributed by atoms with Crippen LogP contribution in [-0.4, -0.2) is 40.4 Å². The zero-order chi connectivity index (χ0) is 22.3. The lowest BCUT2D eigenvalue weighted by molar-refractivity contribution is -0.144. The van der Waals surface area contributed by atoms with Crippen molar-refractivity contribution in [2.45, 2.75) is 11.6 Å². The van der Waals surface area contributed by atoms with Crippen molar-refractivity contribution in [3.05, 3.63) is 108 Å². The summed E-state index contributed by atoms with van der Waals surface area (Å²) in [5.74, 6) is -0.629. The standard InChI is InChI=1S/C24H25NO5S/c1-29-23(26)22(18-30-31(2,27)28)25-24(19-12-6-3-7-13-19,20-14-8-4-9-15-20)21-16-10-5-11-17-21/h3-17,22,25H,18H2,1-2H3/t22-/m1/s1. The summed E-state index contributed by atoms with van der Waals surface area (Å²) in [4.78, 5) is 12.6. The number of ether oxygens (including phenoxy) is 1. The van der Waals surface area contributed by atoms with Crippen LogP contribution in [0.1, 0.15) is 16.7 Å². The van der Waals surface area contributed by atoms with Gasteiger partial charge in [-0.3, -0.25) is 14.3 Å². The van der Waals surface area contributed by atoms with E-state index in [0.717, 1.165) is 22.9 Å². The van der Waals surface area contributed by atoms with Crippen LogP contribution in [0.15, 0.2) is 91.0 Å². The van der Waals surface area contributed by atoms with Crippen LogP contribution in [0.4, 0.5) is 0 Å². The Kier molecular flexibility index (Phi) is 7.22. The lowest BCUT2D eigenvalue weighted by Crippen LogP contribution is -2.54. The molecule has 0 bridgehead atoms.